The van der Waals surface area contributed by atoms with E-state index in [4.69, 9.17) is 21.4 Å². The summed E-state index contributed by atoms with van der Waals surface area (Å²) in [5, 5.41) is 11.6. The highest BCUT2D eigenvalue weighted by atomic mass is 35.5. The number of carboxylic acid groups (broad SMARTS) is 1. The molecular formula is C18H16ClNO4S. The average Bonchev–Trinajstić information content (AvgIpc) is 2.72. The van der Waals surface area contributed by atoms with Gasteiger partial charge in [0.05, 0.1) is 24.0 Å². The topological polar surface area (TPSA) is 75.6 Å². The minimum atomic E-state index is -1.01. The molecule has 0 spiro atoms. The summed E-state index contributed by atoms with van der Waals surface area (Å²) in [6.45, 7) is 0. The van der Waals surface area contributed by atoms with E-state index in [2.05, 4.69) is 5.32 Å². The third kappa shape index (κ3) is 3.91. The van der Waals surface area contributed by atoms with Gasteiger partial charge in [-0.1, -0.05) is 23.7 Å². The molecular weight excluding hydrogens is 362 g/mol. The maximum Gasteiger partial charge on any atom is 0.305 e. The zero-order valence-corrected chi connectivity index (χ0v) is 14.9. The fourth-order valence-electron chi connectivity index (χ4n) is 2.74. The lowest BCUT2D eigenvalue weighted by Gasteiger charge is -2.20. The first kappa shape index (κ1) is 17.6. The summed E-state index contributed by atoms with van der Waals surface area (Å²) in [7, 11) is 1.59. The largest absolute Gasteiger partial charge is 0.497 e. The van der Waals surface area contributed by atoms with Gasteiger partial charge in [-0.2, -0.15) is 0 Å². The van der Waals surface area contributed by atoms with Crippen LogP contribution in [-0.4, -0.2) is 29.3 Å². The molecule has 3 rings (SSSR count). The summed E-state index contributed by atoms with van der Waals surface area (Å²) in [6, 6.07) is 12.8. The fraction of sp³-hybridized carbons (Fsp3) is 0.222. The number of carboxylic acids is 1. The van der Waals surface area contributed by atoms with Crippen LogP contribution in [-0.2, 0) is 9.59 Å². The highest BCUT2D eigenvalue weighted by Gasteiger charge is 2.33. The number of carbonyl (C=O) groups is 2. The number of anilines is 1. The van der Waals surface area contributed by atoms with Gasteiger partial charge in [-0.3, -0.25) is 9.59 Å². The molecule has 5 nitrogen and oxygen atoms in total. The van der Waals surface area contributed by atoms with Crippen LogP contribution in [0.25, 0.3) is 0 Å². The molecule has 1 heterocycles. The molecule has 2 atom stereocenters. The van der Waals surface area contributed by atoms with Crippen molar-refractivity contribution in [3.8, 4) is 5.75 Å². The Bertz CT molecular complexity index is 826. The molecule has 0 radical (unpaired) electrons. The van der Waals surface area contributed by atoms with E-state index in [1.165, 1.54) is 11.8 Å². The Morgan fingerprint density at radius 1 is 1.32 bits per heavy atom. The van der Waals surface area contributed by atoms with Crippen molar-refractivity contribution in [2.45, 2.75) is 16.9 Å². The molecule has 1 amide bonds. The molecule has 2 unspecified atom stereocenters. The van der Waals surface area contributed by atoms with E-state index in [0.29, 0.717) is 16.5 Å². The van der Waals surface area contributed by atoms with Crippen LogP contribution in [0.5, 0.6) is 5.75 Å². The minimum Gasteiger partial charge on any atom is -0.497 e. The van der Waals surface area contributed by atoms with Crippen LogP contribution in [0.4, 0.5) is 5.69 Å². The number of carbonyl (C=O) groups excluding carboxylic acids is 1. The van der Waals surface area contributed by atoms with Gasteiger partial charge >= 0.3 is 5.97 Å². The molecule has 7 heteroatoms. The quantitative estimate of drug-likeness (QED) is 0.843. The molecule has 0 aromatic heterocycles. The van der Waals surface area contributed by atoms with Crippen LogP contribution in [0.3, 0.4) is 0 Å². The van der Waals surface area contributed by atoms with E-state index >= 15 is 0 Å². The lowest BCUT2D eigenvalue weighted by atomic mass is 10.0. The predicted octanol–water partition coefficient (Wildman–Crippen LogP) is 3.97. The van der Waals surface area contributed by atoms with E-state index < -0.39 is 11.2 Å². The lowest BCUT2D eigenvalue weighted by molar-refractivity contribution is -0.138. The number of hydrogen-bond donors (Lipinski definition) is 2. The van der Waals surface area contributed by atoms with Gasteiger partial charge in [0.15, 0.2) is 0 Å². The summed E-state index contributed by atoms with van der Waals surface area (Å²) >= 11 is 7.46. The number of ether oxygens (including phenoxy) is 1. The number of benzene rings is 2. The Morgan fingerprint density at radius 3 is 2.84 bits per heavy atom. The molecule has 0 fully saturated rings. The number of nitrogens with one attached hydrogen (secondary N) is 1. The van der Waals surface area contributed by atoms with Crippen LogP contribution in [0.1, 0.15) is 22.8 Å². The van der Waals surface area contributed by atoms with Gasteiger partial charge in [0.25, 0.3) is 0 Å². The van der Waals surface area contributed by atoms with Crippen LogP contribution in [0.2, 0.25) is 5.02 Å². The second kappa shape index (κ2) is 7.37. The normalized spacial score (nSPS) is 19.5. The summed E-state index contributed by atoms with van der Waals surface area (Å²) in [4.78, 5) is 23.6. The lowest BCUT2D eigenvalue weighted by Crippen LogP contribution is -2.26. The number of halogens is 1. The van der Waals surface area contributed by atoms with Gasteiger partial charge in [0, 0.05) is 10.7 Å². The van der Waals surface area contributed by atoms with Crippen molar-refractivity contribution in [3.63, 3.8) is 0 Å². The van der Waals surface area contributed by atoms with Crippen molar-refractivity contribution in [1.29, 1.82) is 0 Å². The third-order valence-electron chi connectivity index (χ3n) is 3.90. The number of fused-ring (bicyclic) bond motifs is 1. The maximum absolute atomic E-state index is 12.4. The fourth-order valence-corrected chi connectivity index (χ4v) is 4.31. The molecule has 130 valence electrons. The van der Waals surface area contributed by atoms with E-state index in [1.54, 1.807) is 25.3 Å². The number of amides is 1. The molecule has 0 bridgehead atoms. The zero-order chi connectivity index (χ0) is 18.0. The Kier molecular flexibility index (Phi) is 5.20. The smallest absolute Gasteiger partial charge is 0.305 e. The second-order valence-electron chi connectivity index (χ2n) is 5.60. The van der Waals surface area contributed by atoms with Crippen molar-refractivity contribution in [2.24, 2.45) is 0 Å². The van der Waals surface area contributed by atoms with E-state index in [0.717, 1.165) is 11.1 Å². The van der Waals surface area contributed by atoms with Crippen LogP contribution >= 0.6 is 23.4 Å². The van der Waals surface area contributed by atoms with Crippen LogP contribution in [0.15, 0.2) is 42.5 Å². The van der Waals surface area contributed by atoms with Crippen molar-refractivity contribution in [1.82, 2.24) is 0 Å². The Morgan fingerprint density at radius 2 is 2.12 bits per heavy atom. The number of thioether (sulfide) groups is 1. The molecule has 2 aromatic carbocycles. The van der Waals surface area contributed by atoms with E-state index in [1.807, 2.05) is 24.3 Å². The van der Waals surface area contributed by atoms with Gasteiger partial charge in [0.1, 0.15) is 5.75 Å². The van der Waals surface area contributed by atoms with Gasteiger partial charge in [-0.15, -0.1) is 11.8 Å². The summed E-state index contributed by atoms with van der Waals surface area (Å²) in [5.74, 6) is -0.637. The van der Waals surface area contributed by atoms with Gasteiger partial charge in [0.2, 0.25) is 5.91 Å². The Balaban J connectivity index is 2.09. The average molecular weight is 378 g/mol. The number of aliphatic carboxylic acids is 1. The zero-order valence-electron chi connectivity index (χ0n) is 13.4. The van der Waals surface area contributed by atoms with Crippen molar-refractivity contribution in [2.75, 3.05) is 12.4 Å². The molecule has 2 aromatic rings. The first-order valence-electron chi connectivity index (χ1n) is 7.59. The maximum atomic E-state index is 12.4. The van der Waals surface area contributed by atoms with Gasteiger partial charge in [-0.25, -0.2) is 0 Å². The molecule has 2 N–H and O–H groups in total. The van der Waals surface area contributed by atoms with E-state index in [9.17, 15) is 9.59 Å². The third-order valence-corrected chi connectivity index (χ3v) is 5.65. The summed E-state index contributed by atoms with van der Waals surface area (Å²) < 4.78 is 5.29. The Labute approximate surface area is 154 Å². The highest BCUT2D eigenvalue weighted by molar-refractivity contribution is 8.01. The number of methoxy groups -OCH3 is 1. The monoisotopic (exact) mass is 377 g/mol. The molecule has 0 saturated heterocycles. The SMILES string of the molecule is COc1cccc(C2SC(CC(=O)O)C(=O)Nc3ccc(Cl)cc32)c1. The van der Waals surface area contributed by atoms with Crippen molar-refractivity contribution in [3.05, 3.63) is 58.6 Å². The summed E-state index contributed by atoms with van der Waals surface area (Å²) in [5.41, 5.74) is 2.40. The van der Waals surface area contributed by atoms with Crippen LogP contribution in [0, 0.1) is 0 Å². The van der Waals surface area contributed by atoms with Crippen molar-refractivity contribution >= 4 is 40.9 Å². The van der Waals surface area contributed by atoms with E-state index in [-0.39, 0.29) is 17.6 Å². The van der Waals surface area contributed by atoms with Gasteiger partial charge in [-0.05, 0) is 41.5 Å². The predicted molar refractivity (Wildman–Crippen MR) is 98.6 cm³/mol. The van der Waals surface area contributed by atoms with Gasteiger partial charge < -0.3 is 15.2 Å². The standard InChI is InChI=1S/C18H16ClNO4S/c1-24-12-4-2-3-10(7-12)17-13-8-11(19)5-6-14(13)20-18(23)15(25-17)9-16(21)22/h2-8,15,17H,9H2,1H3,(H,20,23)(H,21,22). The van der Waals surface area contributed by atoms with Crippen LogP contribution < -0.4 is 10.1 Å². The summed E-state index contributed by atoms with van der Waals surface area (Å²) in [6.07, 6.45) is -0.251. The first-order valence-corrected chi connectivity index (χ1v) is 8.91. The molecule has 25 heavy (non-hydrogen) atoms. The molecule has 0 saturated carbocycles. The Hall–Kier alpha value is -2.18. The minimum absolute atomic E-state index is 0.243. The van der Waals surface area contributed by atoms with Crippen molar-refractivity contribution < 1.29 is 19.4 Å². The first-order chi connectivity index (χ1) is 12.0. The number of hydrogen-bond acceptors (Lipinski definition) is 4. The highest BCUT2D eigenvalue weighted by Crippen LogP contribution is 2.46. The molecule has 1 aliphatic rings. The number of rotatable bonds is 4. The second-order valence-corrected chi connectivity index (χ2v) is 7.35. The molecule has 1 aliphatic heterocycles. The molecule has 0 aliphatic carbocycles.